The highest BCUT2D eigenvalue weighted by Gasteiger charge is 2.04. The molecule has 0 atom stereocenters. The Morgan fingerprint density at radius 2 is 1.83 bits per heavy atom. The summed E-state index contributed by atoms with van der Waals surface area (Å²) in [5, 5.41) is 2.75. The fourth-order valence-electron chi connectivity index (χ4n) is 2.19. The van der Waals surface area contributed by atoms with Gasteiger partial charge in [0.25, 0.3) is 0 Å². The van der Waals surface area contributed by atoms with Crippen LogP contribution in [0.15, 0.2) is 42.5 Å². The van der Waals surface area contributed by atoms with Gasteiger partial charge in [0, 0.05) is 12.1 Å². The number of ether oxygens (including phenoxy) is 1. The number of unbranched alkanes of at least 4 members (excludes halogenated alkanes) is 1. The molecule has 0 aromatic heterocycles. The van der Waals surface area contributed by atoms with Crippen molar-refractivity contribution in [2.75, 3.05) is 11.9 Å². The van der Waals surface area contributed by atoms with Gasteiger partial charge in [-0.25, -0.2) is 4.39 Å². The standard InChI is InChI=1S/C19H22FNO2/c1-14-6-7-15(2)18(13-14)23-12-4-3-5-19(22)21-17-10-8-16(20)9-11-17/h6-11,13H,3-5,12H2,1-2H3,(H,21,22). The molecule has 0 radical (unpaired) electrons. The second-order valence-corrected chi connectivity index (χ2v) is 5.63. The molecule has 2 rings (SSSR count). The minimum Gasteiger partial charge on any atom is -0.493 e. The SMILES string of the molecule is Cc1ccc(C)c(OCCCCC(=O)Nc2ccc(F)cc2)c1. The lowest BCUT2D eigenvalue weighted by atomic mass is 10.1. The van der Waals surface area contributed by atoms with Crippen LogP contribution in [0.4, 0.5) is 10.1 Å². The highest BCUT2D eigenvalue weighted by atomic mass is 19.1. The van der Waals surface area contributed by atoms with E-state index in [4.69, 9.17) is 4.74 Å². The predicted octanol–water partition coefficient (Wildman–Crippen LogP) is 4.63. The molecule has 4 heteroatoms. The topological polar surface area (TPSA) is 38.3 Å². The number of rotatable bonds is 7. The second kappa shape index (κ2) is 8.32. The van der Waals surface area contributed by atoms with E-state index in [1.807, 2.05) is 26.0 Å². The van der Waals surface area contributed by atoms with E-state index in [1.165, 1.54) is 17.7 Å². The van der Waals surface area contributed by atoms with Crippen LogP contribution in [-0.2, 0) is 4.79 Å². The van der Waals surface area contributed by atoms with E-state index in [0.717, 1.165) is 24.2 Å². The number of aryl methyl sites for hydroxylation is 2. The average Bonchev–Trinajstić information content (AvgIpc) is 2.52. The van der Waals surface area contributed by atoms with Crippen LogP contribution in [0.5, 0.6) is 5.75 Å². The van der Waals surface area contributed by atoms with Crippen molar-refractivity contribution in [1.29, 1.82) is 0 Å². The summed E-state index contributed by atoms with van der Waals surface area (Å²) in [5.74, 6) is 0.524. The minimum atomic E-state index is -0.313. The van der Waals surface area contributed by atoms with Crippen molar-refractivity contribution < 1.29 is 13.9 Å². The third-order valence-electron chi connectivity index (χ3n) is 3.53. The minimum absolute atomic E-state index is 0.0663. The largest absolute Gasteiger partial charge is 0.493 e. The first-order valence-corrected chi connectivity index (χ1v) is 7.80. The maximum atomic E-state index is 12.8. The molecule has 0 saturated heterocycles. The molecule has 0 aliphatic rings. The zero-order valence-electron chi connectivity index (χ0n) is 13.6. The van der Waals surface area contributed by atoms with Gasteiger partial charge in [0.2, 0.25) is 5.91 Å². The molecule has 23 heavy (non-hydrogen) atoms. The van der Waals surface area contributed by atoms with Crippen molar-refractivity contribution in [1.82, 2.24) is 0 Å². The predicted molar refractivity (Wildman–Crippen MR) is 90.3 cm³/mol. The van der Waals surface area contributed by atoms with Crippen molar-refractivity contribution >= 4 is 11.6 Å². The zero-order valence-corrected chi connectivity index (χ0v) is 13.6. The molecule has 2 aromatic rings. The molecular weight excluding hydrogens is 293 g/mol. The summed E-state index contributed by atoms with van der Waals surface area (Å²) >= 11 is 0. The van der Waals surface area contributed by atoms with Gasteiger partial charge in [0.1, 0.15) is 11.6 Å². The van der Waals surface area contributed by atoms with Gasteiger partial charge in [-0.2, -0.15) is 0 Å². The molecule has 0 unspecified atom stereocenters. The van der Waals surface area contributed by atoms with E-state index in [-0.39, 0.29) is 11.7 Å². The van der Waals surface area contributed by atoms with E-state index in [0.29, 0.717) is 18.7 Å². The van der Waals surface area contributed by atoms with Crippen LogP contribution in [0.25, 0.3) is 0 Å². The van der Waals surface area contributed by atoms with E-state index in [9.17, 15) is 9.18 Å². The van der Waals surface area contributed by atoms with Crippen molar-refractivity contribution in [3.05, 3.63) is 59.4 Å². The summed E-state index contributed by atoms with van der Waals surface area (Å²) in [4.78, 5) is 11.8. The second-order valence-electron chi connectivity index (χ2n) is 5.63. The van der Waals surface area contributed by atoms with Crippen molar-refractivity contribution in [2.45, 2.75) is 33.1 Å². The Hall–Kier alpha value is -2.36. The number of carbonyl (C=O) groups excluding carboxylic acids is 1. The summed E-state index contributed by atoms with van der Waals surface area (Å²) in [6.45, 7) is 4.64. The van der Waals surface area contributed by atoms with Crippen LogP contribution in [0.1, 0.15) is 30.4 Å². The number of nitrogens with one attached hydrogen (secondary N) is 1. The van der Waals surface area contributed by atoms with E-state index < -0.39 is 0 Å². The number of anilines is 1. The monoisotopic (exact) mass is 315 g/mol. The van der Waals surface area contributed by atoms with Gasteiger partial charge in [-0.3, -0.25) is 4.79 Å². The smallest absolute Gasteiger partial charge is 0.224 e. The molecule has 0 saturated carbocycles. The maximum absolute atomic E-state index is 12.8. The van der Waals surface area contributed by atoms with Crippen LogP contribution in [-0.4, -0.2) is 12.5 Å². The van der Waals surface area contributed by atoms with Crippen LogP contribution in [0, 0.1) is 19.7 Å². The lowest BCUT2D eigenvalue weighted by Gasteiger charge is -2.10. The molecule has 122 valence electrons. The number of halogens is 1. The van der Waals surface area contributed by atoms with Gasteiger partial charge >= 0.3 is 0 Å². The Kier molecular flexibility index (Phi) is 6.15. The molecule has 0 heterocycles. The molecule has 0 aliphatic carbocycles. The van der Waals surface area contributed by atoms with Crippen LogP contribution in [0.2, 0.25) is 0 Å². The first-order valence-electron chi connectivity index (χ1n) is 7.80. The van der Waals surface area contributed by atoms with Gasteiger partial charge < -0.3 is 10.1 Å². The summed E-state index contributed by atoms with van der Waals surface area (Å²) in [6.07, 6.45) is 1.98. The van der Waals surface area contributed by atoms with Gasteiger partial charge in [-0.1, -0.05) is 12.1 Å². The Morgan fingerprint density at radius 3 is 2.57 bits per heavy atom. The third-order valence-corrected chi connectivity index (χ3v) is 3.53. The highest BCUT2D eigenvalue weighted by Crippen LogP contribution is 2.19. The first-order chi connectivity index (χ1) is 11.0. The fourth-order valence-corrected chi connectivity index (χ4v) is 2.19. The van der Waals surface area contributed by atoms with Crippen molar-refractivity contribution in [2.24, 2.45) is 0 Å². The zero-order chi connectivity index (χ0) is 16.7. The third kappa shape index (κ3) is 5.74. The Morgan fingerprint density at radius 1 is 1.09 bits per heavy atom. The number of hydrogen-bond donors (Lipinski definition) is 1. The maximum Gasteiger partial charge on any atom is 0.224 e. The molecular formula is C19H22FNO2. The summed E-state index contributed by atoms with van der Waals surface area (Å²) < 4.78 is 18.5. The van der Waals surface area contributed by atoms with Crippen LogP contribution in [0.3, 0.4) is 0 Å². The Labute approximate surface area is 136 Å². The van der Waals surface area contributed by atoms with Crippen LogP contribution < -0.4 is 10.1 Å². The first kappa shape index (κ1) is 17.0. The highest BCUT2D eigenvalue weighted by molar-refractivity contribution is 5.90. The quantitative estimate of drug-likeness (QED) is 0.757. The Balaban J connectivity index is 1.66. The van der Waals surface area contributed by atoms with Crippen molar-refractivity contribution in [3.63, 3.8) is 0 Å². The average molecular weight is 315 g/mol. The normalized spacial score (nSPS) is 10.4. The van der Waals surface area contributed by atoms with E-state index in [1.54, 1.807) is 12.1 Å². The number of hydrogen-bond acceptors (Lipinski definition) is 2. The van der Waals surface area contributed by atoms with E-state index in [2.05, 4.69) is 11.4 Å². The van der Waals surface area contributed by atoms with E-state index >= 15 is 0 Å². The number of benzene rings is 2. The summed E-state index contributed by atoms with van der Waals surface area (Å²) in [5.41, 5.74) is 2.90. The molecule has 2 aromatic carbocycles. The molecule has 0 spiro atoms. The van der Waals surface area contributed by atoms with Crippen LogP contribution >= 0.6 is 0 Å². The fraction of sp³-hybridized carbons (Fsp3) is 0.316. The van der Waals surface area contributed by atoms with Gasteiger partial charge in [0.05, 0.1) is 6.61 Å². The number of amides is 1. The molecule has 0 fully saturated rings. The van der Waals surface area contributed by atoms with Gasteiger partial charge in [-0.15, -0.1) is 0 Å². The number of carbonyl (C=O) groups is 1. The molecule has 1 amide bonds. The Bertz CT molecular complexity index is 653. The van der Waals surface area contributed by atoms with Gasteiger partial charge in [0.15, 0.2) is 0 Å². The van der Waals surface area contributed by atoms with Crippen molar-refractivity contribution in [3.8, 4) is 5.75 Å². The summed E-state index contributed by atoms with van der Waals surface area (Å²) in [7, 11) is 0. The van der Waals surface area contributed by atoms with Gasteiger partial charge in [-0.05, 0) is 68.1 Å². The lowest BCUT2D eigenvalue weighted by molar-refractivity contribution is -0.116. The summed E-state index contributed by atoms with van der Waals surface area (Å²) in [6, 6.07) is 11.9. The molecule has 0 aliphatic heterocycles. The lowest BCUT2D eigenvalue weighted by Crippen LogP contribution is -2.11. The molecule has 1 N–H and O–H groups in total. The molecule has 0 bridgehead atoms. The molecule has 3 nitrogen and oxygen atoms in total.